The van der Waals surface area contributed by atoms with E-state index in [-0.39, 0.29) is 59.4 Å². The minimum Gasteiger partial charge on any atom is -0.490 e. The van der Waals surface area contributed by atoms with Crippen molar-refractivity contribution in [3.63, 3.8) is 0 Å². The van der Waals surface area contributed by atoms with Crippen LogP contribution in [0.3, 0.4) is 0 Å². The van der Waals surface area contributed by atoms with E-state index in [0.717, 1.165) is 44.9 Å². The summed E-state index contributed by atoms with van der Waals surface area (Å²) in [7, 11) is -0.500. The van der Waals surface area contributed by atoms with Gasteiger partial charge in [0.1, 0.15) is 5.75 Å². The summed E-state index contributed by atoms with van der Waals surface area (Å²) in [4.78, 5) is 35.0. The van der Waals surface area contributed by atoms with Gasteiger partial charge < -0.3 is 28.9 Å². The summed E-state index contributed by atoms with van der Waals surface area (Å²) in [6.07, 6.45) is 9.78. The second-order valence-electron chi connectivity index (χ2n) is 13.0. The fourth-order valence-electron chi connectivity index (χ4n) is 6.20. The second kappa shape index (κ2) is 16.1. The molecule has 4 atom stereocenters. The number of ether oxygens (including phenoxy) is 2. The molecule has 0 bridgehead atoms. The van der Waals surface area contributed by atoms with E-state index in [1.54, 1.807) is 35.9 Å². The molecule has 2 amide bonds. The van der Waals surface area contributed by atoms with Crippen LogP contribution < -0.4 is 9.46 Å². The Balaban J connectivity index is 1.63. The first-order chi connectivity index (χ1) is 21.9. The molecule has 2 N–H and O–H groups in total. The molecule has 0 unspecified atom stereocenters. The molecule has 13 heteroatoms. The van der Waals surface area contributed by atoms with Gasteiger partial charge >= 0.3 is 0 Å². The Kier molecular flexibility index (Phi) is 12.5. The number of amides is 2. The van der Waals surface area contributed by atoms with Crippen molar-refractivity contribution in [1.29, 1.82) is 0 Å². The SMILES string of the molecule is C[C@H](CO)N1C[C@H](C)[C@H](CN(C)C(=O)C2CCCCC2)OCCCC[C@H](C)Oc2ccc(NS(=O)(=O)c3cn(C)cn3)cc2C1=O. The molecule has 1 aromatic heterocycles. The summed E-state index contributed by atoms with van der Waals surface area (Å²) in [6.45, 7) is 6.59. The van der Waals surface area contributed by atoms with Gasteiger partial charge in [-0.3, -0.25) is 14.3 Å². The zero-order valence-electron chi connectivity index (χ0n) is 27.9. The molecule has 1 saturated carbocycles. The van der Waals surface area contributed by atoms with E-state index in [4.69, 9.17) is 9.47 Å². The van der Waals surface area contributed by atoms with Crippen LogP contribution in [0.1, 0.15) is 82.5 Å². The van der Waals surface area contributed by atoms with Gasteiger partial charge in [-0.1, -0.05) is 26.2 Å². The van der Waals surface area contributed by atoms with Gasteiger partial charge in [-0.2, -0.15) is 8.42 Å². The minimum atomic E-state index is -4.01. The molecule has 2 aliphatic rings. The summed E-state index contributed by atoms with van der Waals surface area (Å²) in [5.41, 5.74) is 0.364. The van der Waals surface area contributed by atoms with Gasteiger partial charge in [0, 0.05) is 57.5 Å². The number of anilines is 1. The number of aliphatic hydroxyl groups is 1. The first-order valence-corrected chi connectivity index (χ1v) is 18.0. The lowest BCUT2D eigenvalue weighted by Crippen LogP contribution is -2.48. The van der Waals surface area contributed by atoms with Crippen LogP contribution in [0.2, 0.25) is 0 Å². The number of likely N-dealkylation sites (N-methyl/N-ethyl adjacent to an activating group) is 1. The molecule has 12 nitrogen and oxygen atoms in total. The lowest BCUT2D eigenvalue weighted by molar-refractivity contribution is -0.137. The molecule has 2 heterocycles. The van der Waals surface area contributed by atoms with Crippen molar-refractivity contribution in [2.75, 3.05) is 38.1 Å². The molecule has 1 aliphatic carbocycles. The Labute approximate surface area is 273 Å². The number of nitrogens with zero attached hydrogens (tertiary/aromatic N) is 4. The Morgan fingerprint density at radius 1 is 1.15 bits per heavy atom. The first kappa shape index (κ1) is 35.7. The van der Waals surface area contributed by atoms with E-state index in [9.17, 15) is 23.1 Å². The number of hydrogen-bond donors (Lipinski definition) is 2. The van der Waals surface area contributed by atoms with Crippen LogP contribution in [0.5, 0.6) is 5.75 Å². The van der Waals surface area contributed by atoms with Crippen LogP contribution >= 0.6 is 0 Å². The van der Waals surface area contributed by atoms with Crippen molar-refractivity contribution in [2.24, 2.45) is 18.9 Å². The van der Waals surface area contributed by atoms with Gasteiger partial charge in [0.2, 0.25) is 5.91 Å². The number of sulfonamides is 1. The normalized spacial score (nSPS) is 23.1. The molecule has 2 aromatic rings. The van der Waals surface area contributed by atoms with Crippen LogP contribution in [0, 0.1) is 11.8 Å². The molecule has 46 heavy (non-hydrogen) atoms. The largest absolute Gasteiger partial charge is 0.490 e. The molecule has 1 aliphatic heterocycles. The highest BCUT2D eigenvalue weighted by molar-refractivity contribution is 7.92. The zero-order chi connectivity index (χ0) is 33.4. The maximum Gasteiger partial charge on any atom is 0.280 e. The van der Waals surface area contributed by atoms with Crippen molar-refractivity contribution in [3.8, 4) is 5.75 Å². The van der Waals surface area contributed by atoms with Gasteiger partial charge in [-0.05, 0) is 64.2 Å². The van der Waals surface area contributed by atoms with Gasteiger partial charge in [0.05, 0.1) is 36.7 Å². The van der Waals surface area contributed by atoms with E-state index >= 15 is 0 Å². The summed E-state index contributed by atoms with van der Waals surface area (Å²) >= 11 is 0. The van der Waals surface area contributed by atoms with Crippen molar-refractivity contribution in [2.45, 2.75) is 95.4 Å². The number of fused-ring (bicyclic) bond motifs is 1. The quantitative estimate of drug-likeness (QED) is 0.432. The van der Waals surface area contributed by atoms with Gasteiger partial charge in [-0.25, -0.2) is 4.98 Å². The summed E-state index contributed by atoms with van der Waals surface area (Å²) in [6, 6.07) is 4.09. The van der Waals surface area contributed by atoms with Crippen molar-refractivity contribution < 1.29 is 32.6 Å². The molecule has 0 radical (unpaired) electrons. The lowest BCUT2D eigenvalue weighted by Gasteiger charge is -2.36. The zero-order valence-corrected chi connectivity index (χ0v) is 28.7. The minimum absolute atomic E-state index is 0.0438. The molecule has 0 saturated heterocycles. The fourth-order valence-corrected chi connectivity index (χ4v) is 7.24. The van der Waals surface area contributed by atoms with Crippen LogP contribution in [0.4, 0.5) is 5.69 Å². The van der Waals surface area contributed by atoms with Crippen molar-refractivity contribution in [3.05, 3.63) is 36.3 Å². The lowest BCUT2D eigenvalue weighted by atomic mass is 9.88. The Hall–Kier alpha value is -3.16. The number of hydrogen-bond acceptors (Lipinski definition) is 8. The highest BCUT2D eigenvalue weighted by atomic mass is 32.2. The Morgan fingerprint density at radius 2 is 1.87 bits per heavy atom. The van der Waals surface area contributed by atoms with Crippen molar-refractivity contribution in [1.82, 2.24) is 19.4 Å². The van der Waals surface area contributed by atoms with E-state index in [1.807, 2.05) is 20.9 Å². The number of nitrogens with one attached hydrogen (secondary N) is 1. The maximum atomic E-state index is 14.3. The predicted molar refractivity (Wildman–Crippen MR) is 175 cm³/mol. The first-order valence-electron chi connectivity index (χ1n) is 16.5. The number of carbonyl (C=O) groups excluding carboxylic acids is 2. The topological polar surface area (TPSA) is 143 Å². The number of imidazole rings is 1. The van der Waals surface area contributed by atoms with Gasteiger partial charge in [0.15, 0.2) is 5.03 Å². The van der Waals surface area contributed by atoms with E-state index in [0.29, 0.717) is 18.9 Å². The molecule has 256 valence electrons. The second-order valence-corrected chi connectivity index (χ2v) is 14.7. The maximum absolute atomic E-state index is 14.3. The molecule has 1 fully saturated rings. The predicted octanol–water partition coefficient (Wildman–Crippen LogP) is 4.06. The van der Waals surface area contributed by atoms with E-state index in [2.05, 4.69) is 9.71 Å². The summed E-state index contributed by atoms with van der Waals surface area (Å²) in [5, 5.41) is 10.1. The molecule has 0 spiro atoms. The average Bonchev–Trinajstić information content (AvgIpc) is 3.49. The van der Waals surface area contributed by atoms with Gasteiger partial charge in [0.25, 0.3) is 15.9 Å². The summed E-state index contributed by atoms with van der Waals surface area (Å²) in [5.74, 6) is -0.0632. The third kappa shape index (κ3) is 9.22. The molecule has 1 aromatic carbocycles. The van der Waals surface area contributed by atoms with E-state index < -0.39 is 22.0 Å². The molecule has 4 rings (SSSR count). The standard InChI is InChI=1S/C33H51N5O7S/c1-23-18-38(24(2)21-39)33(41)28-17-27(35-46(42,43)31-20-36(4)22-34-31)14-15-29(28)45-25(3)11-9-10-16-44-30(23)19-37(5)32(40)26-12-7-6-8-13-26/h14-15,17,20,22-26,30,35,39H,6-13,16,18-19,21H2,1-5H3/t23-,24+,25-,30-/m0/s1. The van der Waals surface area contributed by atoms with E-state index in [1.165, 1.54) is 29.6 Å². The fraction of sp³-hybridized carbons (Fsp3) is 0.667. The van der Waals surface area contributed by atoms with Gasteiger partial charge in [-0.15, -0.1) is 0 Å². The smallest absolute Gasteiger partial charge is 0.280 e. The Bertz CT molecular complexity index is 1430. The number of rotatable bonds is 8. The highest BCUT2D eigenvalue weighted by Crippen LogP contribution is 2.30. The number of aliphatic hydroxyl groups excluding tert-OH is 1. The van der Waals surface area contributed by atoms with Crippen molar-refractivity contribution >= 4 is 27.5 Å². The third-order valence-corrected chi connectivity index (χ3v) is 10.3. The highest BCUT2D eigenvalue weighted by Gasteiger charge is 2.32. The average molecular weight is 662 g/mol. The van der Waals surface area contributed by atoms with Crippen LogP contribution in [0.15, 0.2) is 35.7 Å². The number of aryl methyl sites for hydroxylation is 1. The number of benzene rings is 1. The monoisotopic (exact) mass is 661 g/mol. The Morgan fingerprint density at radius 3 is 2.54 bits per heavy atom. The van der Waals surface area contributed by atoms with Crippen LogP contribution in [-0.4, -0.2) is 96.3 Å². The third-order valence-electron chi connectivity index (χ3n) is 9.04. The number of aromatic nitrogens is 2. The summed E-state index contributed by atoms with van der Waals surface area (Å²) < 4.78 is 42.8. The molecular weight excluding hydrogens is 610 g/mol. The molecular formula is C33H51N5O7S. The van der Waals surface area contributed by atoms with Crippen LogP contribution in [0.25, 0.3) is 0 Å². The van der Waals surface area contributed by atoms with Crippen LogP contribution in [-0.2, 0) is 26.6 Å². The number of carbonyl (C=O) groups is 2.